The van der Waals surface area contributed by atoms with Gasteiger partial charge in [-0.25, -0.2) is 8.42 Å². The van der Waals surface area contributed by atoms with Crippen molar-refractivity contribution in [1.82, 2.24) is 4.31 Å². The molecule has 0 aromatic heterocycles. The Morgan fingerprint density at radius 2 is 1.92 bits per heavy atom. The number of carbonyl (C=O) groups is 1. The number of ether oxygens (including phenoxy) is 1. The molecule has 2 fully saturated rings. The van der Waals surface area contributed by atoms with Crippen LogP contribution in [0, 0.1) is 0 Å². The molecule has 0 bridgehead atoms. The average Bonchev–Trinajstić information content (AvgIpc) is 3.35. The molecule has 1 aromatic carbocycles. The SMILES string of the molecule is COC1(CC(=O)Nc2ccc(S(=O)(=O)N(C)C3CC3)cc2)CCC1. The maximum atomic E-state index is 12.4. The van der Waals surface area contributed by atoms with Gasteiger partial charge in [0, 0.05) is 25.9 Å². The molecule has 2 aliphatic carbocycles. The van der Waals surface area contributed by atoms with Gasteiger partial charge in [0.2, 0.25) is 15.9 Å². The molecule has 0 saturated heterocycles. The fourth-order valence-electron chi connectivity index (χ4n) is 3.03. The van der Waals surface area contributed by atoms with Crippen LogP contribution in [0.3, 0.4) is 0 Å². The first-order chi connectivity index (χ1) is 11.4. The highest BCUT2D eigenvalue weighted by Gasteiger charge is 2.39. The normalized spacial score (nSPS) is 19.8. The van der Waals surface area contributed by atoms with E-state index in [1.54, 1.807) is 38.4 Å². The van der Waals surface area contributed by atoms with Crippen LogP contribution < -0.4 is 5.32 Å². The molecule has 1 N–H and O–H groups in total. The van der Waals surface area contributed by atoms with Crippen LogP contribution in [0.5, 0.6) is 0 Å². The van der Waals surface area contributed by atoms with Gasteiger partial charge in [-0.2, -0.15) is 4.31 Å². The van der Waals surface area contributed by atoms with Crippen molar-refractivity contribution in [2.24, 2.45) is 0 Å². The monoisotopic (exact) mass is 352 g/mol. The highest BCUT2D eigenvalue weighted by Crippen LogP contribution is 2.38. The molecular formula is C17H24N2O4S. The van der Waals surface area contributed by atoms with Crippen molar-refractivity contribution < 1.29 is 17.9 Å². The van der Waals surface area contributed by atoms with Crippen LogP contribution in [0.2, 0.25) is 0 Å². The van der Waals surface area contributed by atoms with Crippen molar-refractivity contribution in [3.8, 4) is 0 Å². The second kappa shape index (κ2) is 6.46. The van der Waals surface area contributed by atoms with Crippen molar-refractivity contribution in [2.45, 2.75) is 55.1 Å². The number of hydrogen-bond acceptors (Lipinski definition) is 4. The molecule has 7 heteroatoms. The molecule has 0 radical (unpaired) electrons. The Balaban J connectivity index is 1.63. The Kier molecular flexibility index (Phi) is 4.68. The molecule has 1 amide bonds. The fraction of sp³-hybridized carbons (Fsp3) is 0.588. The first-order valence-corrected chi connectivity index (χ1v) is 9.73. The van der Waals surface area contributed by atoms with Crippen LogP contribution in [-0.2, 0) is 19.6 Å². The molecule has 2 saturated carbocycles. The summed E-state index contributed by atoms with van der Waals surface area (Å²) in [6.45, 7) is 0. The van der Waals surface area contributed by atoms with E-state index >= 15 is 0 Å². The third kappa shape index (κ3) is 3.48. The van der Waals surface area contributed by atoms with E-state index in [0.717, 1.165) is 32.1 Å². The third-order valence-corrected chi connectivity index (χ3v) is 6.98. The first-order valence-electron chi connectivity index (χ1n) is 8.29. The van der Waals surface area contributed by atoms with E-state index in [-0.39, 0.29) is 22.4 Å². The molecule has 132 valence electrons. The zero-order valence-corrected chi connectivity index (χ0v) is 14.9. The Bertz CT molecular complexity index is 701. The predicted octanol–water partition coefficient (Wildman–Crippen LogP) is 2.37. The van der Waals surface area contributed by atoms with Crippen molar-refractivity contribution in [3.63, 3.8) is 0 Å². The maximum Gasteiger partial charge on any atom is 0.243 e. The van der Waals surface area contributed by atoms with Gasteiger partial charge in [-0.15, -0.1) is 0 Å². The summed E-state index contributed by atoms with van der Waals surface area (Å²) in [4.78, 5) is 12.4. The summed E-state index contributed by atoms with van der Waals surface area (Å²) in [7, 11) is -0.190. The van der Waals surface area contributed by atoms with E-state index in [1.807, 2.05) is 0 Å². The summed E-state index contributed by atoms with van der Waals surface area (Å²) >= 11 is 0. The van der Waals surface area contributed by atoms with E-state index in [0.29, 0.717) is 12.1 Å². The van der Waals surface area contributed by atoms with Gasteiger partial charge in [0.15, 0.2) is 0 Å². The van der Waals surface area contributed by atoms with Crippen LogP contribution in [0.1, 0.15) is 38.5 Å². The number of benzene rings is 1. The smallest absolute Gasteiger partial charge is 0.243 e. The number of methoxy groups -OCH3 is 1. The van der Waals surface area contributed by atoms with Gasteiger partial charge in [0.1, 0.15) is 0 Å². The molecule has 24 heavy (non-hydrogen) atoms. The number of nitrogens with one attached hydrogen (secondary N) is 1. The topological polar surface area (TPSA) is 75.7 Å². The summed E-state index contributed by atoms with van der Waals surface area (Å²) in [5.74, 6) is -0.109. The summed E-state index contributed by atoms with van der Waals surface area (Å²) in [5.41, 5.74) is 0.277. The number of nitrogens with zero attached hydrogens (tertiary/aromatic N) is 1. The lowest BCUT2D eigenvalue weighted by Crippen LogP contribution is -2.42. The van der Waals surface area contributed by atoms with E-state index in [9.17, 15) is 13.2 Å². The van der Waals surface area contributed by atoms with Crippen LogP contribution in [0.15, 0.2) is 29.2 Å². The van der Waals surface area contributed by atoms with Gasteiger partial charge >= 0.3 is 0 Å². The number of carbonyl (C=O) groups excluding carboxylic acids is 1. The minimum atomic E-state index is -3.45. The number of anilines is 1. The molecule has 0 unspecified atom stereocenters. The second-order valence-corrected chi connectivity index (χ2v) is 8.74. The standard InChI is InChI=1S/C17H24N2O4S/c1-19(14-6-7-14)24(21,22)15-8-4-13(5-9-15)18-16(20)12-17(23-2)10-3-11-17/h4-5,8-9,14H,3,6-7,10-12H2,1-2H3,(H,18,20). The molecule has 0 spiro atoms. The lowest BCUT2D eigenvalue weighted by molar-refractivity contribution is -0.129. The summed E-state index contributed by atoms with van der Waals surface area (Å²) in [6, 6.07) is 6.47. The molecule has 0 aliphatic heterocycles. The molecule has 1 aromatic rings. The molecule has 0 heterocycles. The van der Waals surface area contributed by atoms with Crippen LogP contribution in [-0.4, -0.2) is 44.4 Å². The zero-order valence-electron chi connectivity index (χ0n) is 14.1. The average molecular weight is 352 g/mol. The zero-order chi connectivity index (χ0) is 17.4. The Hall–Kier alpha value is -1.44. The predicted molar refractivity (Wildman–Crippen MR) is 91.3 cm³/mol. The summed E-state index contributed by atoms with van der Waals surface area (Å²) < 4.78 is 31.8. The minimum Gasteiger partial charge on any atom is -0.378 e. The number of amides is 1. The Morgan fingerprint density at radius 1 is 1.29 bits per heavy atom. The van der Waals surface area contributed by atoms with Gasteiger partial charge in [-0.05, 0) is 56.4 Å². The fourth-order valence-corrected chi connectivity index (χ4v) is 4.45. The number of rotatable bonds is 7. The van der Waals surface area contributed by atoms with E-state index < -0.39 is 10.0 Å². The van der Waals surface area contributed by atoms with E-state index in [4.69, 9.17) is 4.74 Å². The van der Waals surface area contributed by atoms with Gasteiger partial charge in [0.25, 0.3) is 0 Å². The summed E-state index contributed by atoms with van der Waals surface area (Å²) in [5, 5.41) is 2.82. The number of hydrogen-bond donors (Lipinski definition) is 1. The quantitative estimate of drug-likeness (QED) is 0.817. The van der Waals surface area contributed by atoms with Crippen molar-refractivity contribution >= 4 is 21.6 Å². The van der Waals surface area contributed by atoms with Gasteiger partial charge in [0.05, 0.1) is 16.9 Å². The third-order valence-electron chi connectivity index (χ3n) is 5.06. The highest BCUT2D eigenvalue weighted by atomic mass is 32.2. The Labute approximate surface area is 143 Å². The van der Waals surface area contributed by atoms with Gasteiger partial charge in [-0.1, -0.05) is 0 Å². The highest BCUT2D eigenvalue weighted by molar-refractivity contribution is 7.89. The van der Waals surface area contributed by atoms with E-state index in [2.05, 4.69) is 5.32 Å². The first kappa shape index (κ1) is 17.4. The van der Waals surface area contributed by atoms with Crippen molar-refractivity contribution in [1.29, 1.82) is 0 Å². The van der Waals surface area contributed by atoms with Gasteiger partial charge in [-0.3, -0.25) is 4.79 Å². The van der Waals surface area contributed by atoms with Crippen molar-refractivity contribution in [3.05, 3.63) is 24.3 Å². The lowest BCUT2D eigenvalue weighted by atomic mass is 9.77. The minimum absolute atomic E-state index is 0.109. The molecule has 3 rings (SSSR count). The lowest BCUT2D eigenvalue weighted by Gasteiger charge is -2.39. The van der Waals surface area contributed by atoms with Crippen LogP contribution >= 0.6 is 0 Å². The molecule has 2 aliphatic rings. The van der Waals surface area contributed by atoms with Gasteiger partial charge < -0.3 is 10.1 Å². The summed E-state index contributed by atoms with van der Waals surface area (Å²) in [6.07, 6.45) is 5.07. The molecule has 0 atom stereocenters. The van der Waals surface area contributed by atoms with E-state index in [1.165, 1.54) is 4.31 Å². The molecule has 6 nitrogen and oxygen atoms in total. The van der Waals surface area contributed by atoms with Crippen molar-refractivity contribution in [2.75, 3.05) is 19.5 Å². The molecular weight excluding hydrogens is 328 g/mol. The van der Waals surface area contributed by atoms with Crippen LogP contribution in [0.4, 0.5) is 5.69 Å². The maximum absolute atomic E-state index is 12.4. The largest absolute Gasteiger partial charge is 0.378 e. The Morgan fingerprint density at radius 3 is 2.38 bits per heavy atom. The second-order valence-electron chi connectivity index (χ2n) is 6.74. The van der Waals surface area contributed by atoms with Crippen LogP contribution in [0.25, 0.3) is 0 Å². The number of sulfonamides is 1.